The molecule has 0 spiro atoms. The van der Waals surface area contributed by atoms with Gasteiger partial charge in [0, 0.05) is 13.7 Å². The third-order valence-corrected chi connectivity index (χ3v) is 3.33. The second-order valence-electron chi connectivity index (χ2n) is 4.89. The van der Waals surface area contributed by atoms with Crippen LogP contribution in [0.5, 0.6) is 0 Å². The number of methoxy groups -OCH3 is 1. The van der Waals surface area contributed by atoms with Crippen LogP contribution >= 0.6 is 0 Å². The number of aliphatic hydroxyl groups excluding tert-OH is 3. The second kappa shape index (κ2) is 8.84. The van der Waals surface area contributed by atoms with Crippen LogP contribution in [0.4, 0.5) is 0 Å². The highest BCUT2D eigenvalue weighted by Gasteiger charge is 2.43. The van der Waals surface area contributed by atoms with Crippen molar-refractivity contribution in [3.8, 4) is 0 Å². The Morgan fingerprint density at radius 1 is 1.00 bits per heavy atom. The molecule has 0 amide bonds. The SMILES string of the molecule is CCCCCCOCC1OC(OC)C(O)C(O)C1O. The lowest BCUT2D eigenvalue weighted by atomic mass is 9.99. The van der Waals surface area contributed by atoms with Crippen LogP contribution < -0.4 is 0 Å². The number of rotatable bonds is 8. The van der Waals surface area contributed by atoms with E-state index in [9.17, 15) is 15.3 Å². The highest BCUT2D eigenvalue weighted by Crippen LogP contribution is 2.21. The minimum atomic E-state index is -1.28. The molecule has 6 heteroatoms. The van der Waals surface area contributed by atoms with Crippen LogP contribution in [0.3, 0.4) is 0 Å². The Hall–Kier alpha value is -0.240. The van der Waals surface area contributed by atoms with Gasteiger partial charge in [-0.05, 0) is 6.42 Å². The molecule has 0 aliphatic carbocycles. The van der Waals surface area contributed by atoms with Crippen molar-refractivity contribution in [1.82, 2.24) is 0 Å². The van der Waals surface area contributed by atoms with E-state index in [0.717, 1.165) is 12.8 Å². The maximum absolute atomic E-state index is 9.79. The average Bonchev–Trinajstić information content (AvgIpc) is 2.42. The molecule has 1 aliphatic rings. The molecule has 1 heterocycles. The lowest BCUT2D eigenvalue weighted by Crippen LogP contribution is -2.59. The molecule has 0 aromatic heterocycles. The number of hydrogen-bond acceptors (Lipinski definition) is 6. The van der Waals surface area contributed by atoms with Gasteiger partial charge in [-0.15, -0.1) is 0 Å². The van der Waals surface area contributed by atoms with Crippen LogP contribution in [0.1, 0.15) is 32.6 Å². The van der Waals surface area contributed by atoms with Crippen LogP contribution in [0.15, 0.2) is 0 Å². The molecule has 114 valence electrons. The van der Waals surface area contributed by atoms with Crippen LogP contribution in [-0.4, -0.2) is 66.3 Å². The molecule has 19 heavy (non-hydrogen) atoms. The third-order valence-electron chi connectivity index (χ3n) is 3.33. The normalized spacial score (nSPS) is 35.5. The Labute approximate surface area is 114 Å². The molecule has 0 bridgehead atoms. The first-order valence-corrected chi connectivity index (χ1v) is 6.92. The lowest BCUT2D eigenvalue weighted by molar-refractivity contribution is -0.296. The number of hydrogen-bond donors (Lipinski definition) is 3. The minimum Gasteiger partial charge on any atom is -0.387 e. The first kappa shape index (κ1) is 16.8. The summed E-state index contributed by atoms with van der Waals surface area (Å²) < 4.78 is 15.7. The van der Waals surface area contributed by atoms with Crippen LogP contribution in [-0.2, 0) is 14.2 Å². The van der Waals surface area contributed by atoms with Crippen LogP contribution in [0.2, 0.25) is 0 Å². The lowest BCUT2D eigenvalue weighted by Gasteiger charge is -2.39. The van der Waals surface area contributed by atoms with Gasteiger partial charge in [-0.2, -0.15) is 0 Å². The van der Waals surface area contributed by atoms with Crippen molar-refractivity contribution < 1.29 is 29.5 Å². The molecule has 1 rings (SSSR count). The van der Waals surface area contributed by atoms with Gasteiger partial charge in [0.1, 0.15) is 24.4 Å². The summed E-state index contributed by atoms with van der Waals surface area (Å²) >= 11 is 0. The number of ether oxygens (including phenoxy) is 3. The van der Waals surface area contributed by atoms with Gasteiger partial charge >= 0.3 is 0 Å². The van der Waals surface area contributed by atoms with E-state index < -0.39 is 30.7 Å². The van der Waals surface area contributed by atoms with Crippen molar-refractivity contribution in [2.24, 2.45) is 0 Å². The smallest absolute Gasteiger partial charge is 0.186 e. The molecule has 5 atom stereocenters. The Morgan fingerprint density at radius 3 is 2.37 bits per heavy atom. The Morgan fingerprint density at radius 2 is 1.74 bits per heavy atom. The van der Waals surface area contributed by atoms with Crippen molar-refractivity contribution in [2.45, 2.75) is 63.3 Å². The molecular weight excluding hydrogens is 252 g/mol. The summed E-state index contributed by atoms with van der Waals surface area (Å²) in [5.74, 6) is 0. The average molecular weight is 278 g/mol. The molecular formula is C13H26O6. The quantitative estimate of drug-likeness (QED) is 0.543. The van der Waals surface area contributed by atoms with Crippen molar-refractivity contribution in [3.63, 3.8) is 0 Å². The predicted octanol–water partition coefficient (Wildman–Crippen LogP) is 0.0373. The zero-order chi connectivity index (χ0) is 14.3. The molecule has 0 aromatic rings. The zero-order valence-electron chi connectivity index (χ0n) is 11.7. The van der Waals surface area contributed by atoms with E-state index in [2.05, 4.69) is 6.92 Å². The largest absolute Gasteiger partial charge is 0.387 e. The van der Waals surface area contributed by atoms with E-state index in [1.165, 1.54) is 20.0 Å². The monoisotopic (exact) mass is 278 g/mol. The standard InChI is InChI=1S/C13H26O6/c1-3-4-5-6-7-18-8-9-10(14)11(15)12(16)13(17-2)19-9/h9-16H,3-8H2,1-2H3. The van der Waals surface area contributed by atoms with Gasteiger partial charge in [-0.3, -0.25) is 0 Å². The zero-order valence-corrected chi connectivity index (χ0v) is 11.7. The summed E-state index contributed by atoms with van der Waals surface area (Å²) in [6.45, 7) is 2.92. The maximum atomic E-state index is 9.79. The van der Waals surface area contributed by atoms with Crippen molar-refractivity contribution in [3.05, 3.63) is 0 Å². The first-order valence-electron chi connectivity index (χ1n) is 6.92. The topological polar surface area (TPSA) is 88.4 Å². The Balaban J connectivity index is 2.28. The first-order chi connectivity index (χ1) is 9.11. The minimum absolute atomic E-state index is 0.178. The van der Waals surface area contributed by atoms with Gasteiger partial charge in [0.2, 0.25) is 0 Å². The Bertz CT molecular complexity index is 235. The van der Waals surface area contributed by atoms with E-state index in [1.807, 2.05) is 0 Å². The molecule has 0 saturated carbocycles. The number of unbranched alkanes of at least 4 members (excludes halogenated alkanes) is 3. The van der Waals surface area contributed by atoms with Crippen LogP contribution in [0, 0.1) is 0 Å². The molecule has 5 unspecified atom stereocenters. The highest BCUT2D eigenvalue weighted by atomic mass is 16.7. The summed E-state index contributed by atoms with van der Waals surface area (Å²) in [7, 11) is 1.38. The predicted molar refractivity (Wildman–Crippen MR) is 68.7 cm³/mol. The maximum Gasteiger partial charge on any atom is 0.186 e. The fourth-order valence-electron chi connectivity index (χ4n) is 2.08. The van der Waals surface area contributed by atoms with Gasteiger partial charge in [0.15, 0.2) is 6.29 Å². The number of aliphatic hydroxyl groups is 3. The van der Waals surface area contributed by atoms with Gasteiger partial charge in [0.25, 0.3) is 0 Å². The summed E-state index contributed by atoms with van der Waals surface area (Å²) in [5, 5.41) is 29.1. The summed E-state index contributed by atoms with van der Waals surface area (Å²) in [6.07, 6.45) is -0.888. The van der Waals surface area contributed by atoms with Crippen molar-refractivity contribution in [1.29, 1.82) is 0 Å². The van der Waals surface area contributed by atoms with Gasteiger partial charge in [-0.25, -0.2) is 0 Å². The van der Waals surface area contributed by atoms with E-state index in [0.29, 0.717) is 6.61 Å². The second-order valence-corrected chi connectivity index (χ2v) is 4.89. The molecule has 1 saturated heterocycles. The summed E-state index contributed by atoms with van der Waals surface area (Å²) in [5.41, 5.74) is 0. The van der Waals surface area contributed by atoms with E-state index in [-0.39, 0.29) is 6.61 Å². The molecule has 1 aliphatic heterocycles. The van der Waals surface area contributed by atoms with E-state index in [4.69, 9.17) is 14.2 Å². The van der Waals surface area contributed by atoms with E-state index >= 15 is 0 Å². The van der Waals surface area contributed by atoms with Gasteiger partial charge < -0.3 is 29.5 Å². The Kier molecular flexibility index (Phi) is 7.82. The highest BCUT2D eigenvalue weighted by molar-refractivity contribution is 4.88. The molecule has 3 N–H and O–H groups in total. The molecule has 1 fully saturated rings. The summed E-state index contributed by atoms with van der Waals surface area (Å²) in [6, 6.07) is 0. The fourth-order valence-corrected chi connectivity index (χ4v) is 2.08. The molecule has 6 nitrogen and oxygen atoms in total. The van der Waals surface area contributed by atoms with Crippen molar-refractivity contribution >= 4 is 0 Å². The summed E-state index contributed by atoms with van der Waals surface area (Å²) in [4.78, 5) is 0. The van der Waals surface area contributed by atoms with Crippen LogP contribution in [0.25, 0.3) is 0 Å². The van der Waals surface area contributed by atoms with Crippen molar-refractivity contribution in [2.75, 3.05) is 20.3 Å². The molecule has 0 radical (unpaired) electrons. The third kappa shape index (κ3) is 4.98. The van der Waals surface area contributed by atoms with Gasteiger partial charge in [0.05, 0.1) is 6.61 Å². The van der Waals surface area contributed by atoms with Gasteiger partial charge in [-0.1, -0.05) is 26.2 Å². The fraction of sp³-hybridized carbons (Fsp3) is 1.00. The molecule has 0 aromatic carbocycles. The van der Waals surface area contributed by atoms with E-state index in [1.54, 1.807) is 0 Å².